The van der Waals surface area contributed by atoms with Crippen LogP contribution in [0.2, 0.25) is 0 Å². The Morgan fingerprint density at radius 3 is 2.68 bits per heavy atom. The monoisotopic (exact) mass is 292 g/mol. The molecule has 0 unspecified atom stereocenters. The van der Waals surface area contributed by atoms with Gasteiger partial charge in [-0.25, -0.2) is 4.39 Å². The maximum absolute atomic E-state index is 13.0. The molecule has 3 nitrogen and oxygen atoms in total. The molecular formula is C18H13FN2O. The van der Waals surface area contributed by atoms with Crippen LogP contribution in [-0.2, 0) is 6.54 Å². The van der Waals surface area contributed by atoms with Gasteiger partial charge in [0, 0.05) is 6.54 Å². The summed E-state index contributed by atoms with van der Waals surface area (Å²) in [6.45, 7) is 0.802. The van der Waals surface area contributed by atoms with Gasteiger partial charge in [0.2, 0.25) is 0 Å². The molecule has 1 aliphatic rings. The Bertz CT molecular complexity index is 955. The van der Waals surface area contributed by atoms with Crippen LogP contribution in [0.15, 0.2) is 53.3 Å². The highest BCUT2D eigenvalue weighted by atomic mass is 19.1. The number of nitrogens with zero attached hydrogens (tertiary/aromatic N) is 2. The predicted molar refractivity (Wildman–Crippen MR) is 84.9 cm³/mol. The second-order valence-corrected chi connectivity index (χ2v) is 5.38. The summed E-state index contributed by atoms with van der Waals surface area (Å²) in [5, 5.41) is 0.647. The topological polar surface area (TPSA) is 34.9 Å². The van der Waals surface area contributed by atoms with Crippen molar-refractivity contribution in [2.45, 2.75) is 13.0 Å². The zero-order chi connectivity index (χ0) is 15.1. The Labute approximate surface area is 126 Å². The smallest absolute Gasteiger partial charge is 0.281 e. The van der Waals surface area contributed by atoms with E-state index >= 15 is 0 Å². The predicted octanol–water partition coefficient (Wildman–Crippen LogP) is 3.48. The molecule has 4 heteroatoms. The number of fused-ring (bicyclic) bond motifs is 3. The second kappa shape index (κ2) is 4.91. The number of aryl methyl sites for hydroxylation is 1. The third-order valence-electron chi connectivity index (χ3n) is 3.99. The quantitative estimate of drug-likeness (QED) is 0.688. The molecule has 0 aliphatic carbocycles. The van der Waals surface area contributed by atoms with Gasteiger partial charge in [-0.1, -0.05) is 24.3 Å². The first-order valence-corrected chi connectivity index (χ1v) is 7.18. The highest BCUT2D eigenvalue weighted by molar-refractivity contribution is 5.85. The third-order valence-corrected chi connectivity index (χ3v) is 3.99. The fourth-order valence-electron chi connectivity index (χ4n) is 2.93. The lowest BCUT2D eigenvalue weighted by atomic mass is 10.1. The molecule has 2 aromatic carbocycles. The lowest BCUT2D eigenvalue weighted by Gasteiger charge is -2.07. The van der Waals surface area contributed by atoms with Gasteiger partial charge in [0.25, 0.3) is 5.56 Å². The maximum atomic E-state index is 13.0. The van der Waals surface area contributed by atoms with Gasteiger partial charge in [0.05, 0.1) is 10.9 Å². The molecule has 1 aromatic heterocycles. The number of allylic oxidation sites excluding steroid dienone is 1. The van der Waals surface area contributed by atoms with E-state index in [4.69, 9.17) is 0 Å². The summed E-state index contributed by atoms with van der Waals surface area (Å²) in [6, 6.07) is 13.8. The fraction of sp³-hybridized carbons (Fsp3) is 0.111. The summed E-state index contributed by atoms with van der Waals surface area (Å²) in [5.41, 5.74) is 2.63. The van der Waals surface area contributed by atoms with Gasteiger partial charge in [-0.15, -0.1) is 0 Å². The van der Waals surface area contributed by atoms with Crippen LogP contribution < -0.4 is 5.56 Å². The van der Waals surface area contributed by atoms with E-state index in [-0.39, 0.29) is 11.4 Å². The normalized spacial score (nSPS) is 15.4. The van der Waals surface area contributed by atoms with E-state index in [1.54, 1.807) is 18.2 Å². The molecule has 0 radical (unpaired) electrons. The lowest BCUT2D eigenvalue weighted by Crippen LogP contribution is -2.14. The molecule has 0 N–H and O–H groups in total. The first-order chi connectivity index (χ1) is 10.7. The first-order valence-electron chi connectivity index (χ1n) is 7.18. The number of rotatable bonds is 1. The molecule has 4 rings (SSSR count). The van der Waals surface area contributed by atoms with Gasteiger partial charge in [-0.2, -0.15) is 4.98 Å². The van der Waals surface area contributed by atoms with Gasteiger partial charge in [0.15, 0.2) is 0 Å². The molecule has 1 aliphatic heterocycles. The van der Waals surface area contributed by atoms with Crippen molar-refractivity contribution in [2.24, 2.45) is 0 Å². The van der Waals surface area contributed by atoms with Crippen molar-refractivity contribution in [3.05, 3.63) is 76.1 Å². The molecule has 0 bridgehead atoms. The van der Waals surface area contributed by atoms with Crippen LogP contribution in [0.5, 0.6) is 0 Å². The lowest BCUT2D eigenvalue weighted by molar-refractivity contribution is 0.628. The SMILES string of the molecule is O=c1nc2n(c3ccccc13)CC/C2=C/c1ccc(F)cc1. The largest absolute Gasteiger partial charge is 0.325 e. The molecule has 3 aromatic rings. The van der Waals surface area contributed by atoms with Gasteiger partial charge >= 0.3 is 0 Å². The molecule has 22 heavy (non-hydrogen) atoms. The molecule has 108 valence electrons. The fourth-order valence-corrected chi connectivity index (χ4v) is 2.93. The van der Waals surface area contributed by atoms with Crippen LogP contribution in [0, 0.1) is 5.82 Å². The third kappa shape index (κ3) is 2.04. The number of hydrogen-bond acceptors (Lipinski definition) is 2. The Morgan fingerprint density at radius 2 is 1.86 bits per heavy atom. The molecule has 0 saturated carbocycles. The molecule has 0 saturated heterocycles. The summed E-state index contributed by atoms with van der Waals surface area (Å²) in [4.78, 5) is 16.4. The van der Waals surface area contributed by atoms with Gasteiger partial charge < -0.3 is 4.57 Å². The van der Waals surface area contributed by atoms with Crippen molar-refractivity contribution < 1.29 is 4.39 Å². The highest BCUT2D eigenvalue weighted by Gasteiger charge is 2.20. The average molecular weight is 292 g/mol. The second-order valence-electron chi connectivity index (χ2n) is 5.38. The van der Waals surface area contributed by atoms with Crippen LogP contribution in [0.4, 0.5) is 4.39 Å². The van der Waals surface area contributed by atoms with Crippen LogP contribution in [0.3, 0.4) is 0 Å². The minimum atomic E-state index is -0.255. The van der Waals surface area contributed by atoms with Crippen molar-refractivity contribution in [3.63, 3.8) is 0 Å². The molecule has 0 fully saturated rings. The van der Waals surface area contributed by atoms with Crippen molar-refractivity contribution >= 4 is 22.6 Å². The number of hydrogen-bond donors (Lipinski definition) is 0. The average Bonchev–Trinajstić information content (AvgIpc) is 2.93. The number of aromatic nitrogens is 2. The standard InChI is InChI=1S/C18H13FN2O/c19-14-7-5-12(6-8-14)11-13-9-10-21-16-4-2-1-3-15(16)18(22)20-17(13)21/h1-8,11H,9-10H2/b13-11-. The van der Waals surface area contributed by atoms with E-state index in [0.29, 0.717) is 11.2 Å². The summed E-state index contributed by atoms with van der Waals surface area (Å²) >= 11 is 0. The summed E-state index contributed by atoms with van der Waals surface area (Å²) < 4.78 is 15.1. The molecule has 2 heterocycles. The Kier molecular flexibility index (Phi) is 2.89. The van der Waals surface area contributed by atoms with Crippen molar-refractivity contribution in [1.29, 1.82) is 0 Å². The Hall–Kier alpha value is -2.75. The van der Waals surface area contributed by atoms with E-state index in [1.807, 2.05) is 24.3 Å². The zero-order valence-electron chi connectivity index (χ0n) is 11.8. The summed E-state index contributed by atoms with van der Waals surface area (Å²) in [7, 11) is 0. The first kappa shape index (κ1) is 13.0. The number of para-hydroxylation sites is 1. The Morgan fingerprint density at radius 1 is 1.09 bits per heavy atom. The Balaban J connectivity index is 1.89. The van der Waals surface area contributed by atoms with Crippen LogP contribution in [0.25, 0.3) is 22.6 Å². The minimum absolute atomic E-state index is 0.200. The van der Waals surface area contributed by atoms with E-state index in [2.05, 4.69) is 9.55 Å². The maximum Gasteiger partial charge on any atom is 0.281 e. The van der Waals surface area contributed by atoms with Crippen molar-refractivity contribution in [1.82, 2.24) is 9.55 Å². The van der Waals surface area contributed by atoms with E-state index < -0.39 is 0 Å². The number of benzene rings is 2. The van der Waals surface area contributed by atoms with E-state index in [9.17, 15) is 9.18 Å². The zero-order valence-corrected chi connectivity index (χ0v) is 11.8. The van der Waals surface area contributed by atoms with Crippen molar-refractivity contribution in [3.8, 4) is 0 Å². The minimum Gasteiger partial charge on any atom is -0.325 e. The molecule has 0 atom stereocenters. The highest BCUT2D eigenvalue weighted by Crippen LogP contribution is 2.29. The summed E-state index contributed by atoms with van der Waals surface area (Å²) in [5.74, 6) is 0.460. The molecular weight excluding hydrogens is 279 g/mol. The van der Waals surface area contributed by atoms with Gasteiger partial charge in [-0.05, 0) is 47.9 Å². The van der Waals surface area contributed by atoms with Crippen LogP contribution in [-0.4, -0.2) is 9.55 Å². The van der Waals surface area contributed by atoms with E-state index in [1.165, 1.54) is 12.1 Å². The molecule has 0 amide bonds. The van der Waals surface area contributed by atoms with Crippen molar-refractivity contribution in [2.75, 3.05) is 0 Å². The number of halogens is 1. The van der Waals surface area contributed by atoms with E-state index in [0.717, 1.165) is 29.6 Å². The van der Waals surface area contributed by atoms with Crippen LogP contribution in [0.1, 0.15) is 17.8 Å². The van der Waals surface area contributed by atoms with Gasteiger partial charge in [0.1, 0.15) is 11.6 Å². The van der Waals surface area contributed by atoms with Gasteiger partial charge in [-0.3, -0.25) is 4.79 Å². The summed E-state index contributed by atoms with van der Waals surface area (Å²) in [6.07, 6.45) is 2.79. The molecule has 0 spiro atoms. The van der Waals surface area contributed by atoms with Crippen LogP contribution >= 0.6 is 0 Å².